The van der Waals surface area contributed by atoms with Crippen molar-refractivity contribution < 1.29 is 4.74 Å². The van der Waals surface area contributed by atoms with Crippen LogP contribution in [0.2, 0.25) is 0 Å². The molecule has 2 aromatic heterocycles. The standard InChI is InChI=1S/C13H19N5O/c1-4-18-12(16-9-17-18)8-11(14-2)10-6-5-7-15-13(10)19-3/h5-7,9,11,14H,4,8H2,1-3H3. The smallest absolute Gasteiger partial charge is 0.217 e. The molecule has 0 aliphatic carbocycles. The quantitative estimate of drug-likeness (QED) is 0.846. The summed E-state index contributed by atoms with van der Waals surface area (Å²) in [6, 6.07) is 4.02. The van der Waals surface area contributed by atoms with Gasteiger partial charge < -0.3 is 10.1 Å². The molecular weight excluding hydrogens is 242 g/mol. The summed E-state index contributed by atoms with van der Waals surface area (Å²) in [6.45, 7) is 2.87. The molecule has 0 amide bonds. The summed E-state index contributed by atoms with van der Waals surface area (Å²) < 4.78 is 7.21. The van der Waals surface area contributed by atoms with E-state index >= 15 is 0 Å². The minimum atomic E-state index is 0.0955. The summed E-state index contributed by atoms with van der Waals surface area (Å²) in [6.07, 6.45) is 4.06. The molecule has 2 aromatic rings. The van der Waals surface area contributed by atoms with Gasteiger partial charge in [-0.15, -0.1) is 0 Å². The van der Waals surface area contributed by atoms with Gasteiger partial charge in [0.1, 0.15) is 12.2 Å². The van der Waals surface area contributed by atoms with E-state index in [2.05, 4.69) is 27.3 Å². The number of ether oxygens (including phenoxy) is 1. The van der Waals surface area contributed by atoms with E-state index in [1.807, 2.05) is 23.9 Å². The topological polar surface area (TPSA) is 64.9 Å². The Kier molecular flexibility index (Phi) is 4.46. The summed E-state index contributed by atoms with van der Waals surface area (Å²) in [5.74, 6) is 1.59. The number of pyridine rings is 1. The van der Waals surface area contributed by atoms with E-state index in [4.69, 9.17) is 4.74 Å². The van der Waals surface area contributed by atoms with Gasteiger partial charge >= 0.3 is 0 Å². The van der Waals surface area contributed by atoms with Crippen LogP contribution in [0, 0.1) is 0 Å². The number of hydrogen-bond acceptors (Lipinski definition) is 5. The highest BCUT2D eigenvalue weighted by atomic mass is 16.5. The molecule has 2 heterocycles. The van der Waals surface area contributed by atoms with Crippen LogP contribution in [0.5, 0.6) is 5.88 Å². The number of aryl methyl sites for hydroxylation is 1. The normalized spacial score (nSPS) is 12.4. The first-order chi connectivity index (χ1) is 9.30. The second-order valence-electron chi connectivity index (χ2n) is 4.14. The lowest BCUT2D eigenvalue weighted by atomic mass is 10.0. The molecule has 19 heavy (non-hydrogen) atoms. The van der Waals surface area contributed by atoms with Crippen LogP contribution >= 0.6 is 0 Å². The molecule has 0 radical (unpaired) electrons. The van der Waals surface area contributed by atoms with Gasteiger partial charge in [-0.2, -0.15) is 5.10 Å². The maximum atomic E-state index is 5.31. The van der Waals surface area contributed by atoms with Gasteiger partial charge in [0.15, 0.2) is 0 Å². The van der Waals surface area contributed by atoms with E-state index in [1.54, 1.807) is 19.6 Å². The second kappa shape index (κ2) is 6.29. The Bertz CT molecular complexity index is 525. The zero-order chi connectivity index (χ0) is 13.7. The minimum absolute atomic E-state index is 0.0955. The van der Waals surface area contributed by atoms with E-state index in [-0.39, 0.29) is 6.04 Å². The molecule has 1 N–H and O–H groups in total. The van der Waals surface area contributed by atoms with Gasteiger partial charge in [0.25, 0.3) is 0 Å². The van der Waals surface area contributed by atoms with Gasteiger partial charge in [0.05, 0.1) is 7.11 Å². The van der Waals surface area contributed by atoms with Crippen molar-refractivity contribution in [1.29, 1.82) is 0 Å². The van der Waals surface area contributed by atoms with Gasteiger partial charge in [-0.25, -0.2) is 9.97 Å². The Labute approximate surface area is 112 Å². The monoisotopic (exact) mass is 261 g/mol. The first-order valence-corrected chi connectivity index (χ1v) is 6.33. The van der Waals surface area contributed by atoms with E-state index < -0.39 is 0 Å². The molecule has 1 atom stereocenters. The molecular formula is C13H19N5O. The predicted molar refractivity (Wildman–Crippen MR) is 72.0 cm³/mol. The van der Waals surface area contributed by atoms with Crippen LogP contribution in [-0.4, -0.2) is 33.9 Å². The molecule has 0 saturated carbocycles. The lowest BCUT2D eigenvalue weighted by Gasteiger charge is -2.18. The molecule has 0 bridgehead atoms. The summed E-state index contributed by atoms with van der Waals surface area (Å²) in [5, 5.41) is 7.47. The average Bonchev–Trinajstić information content (AvgIpc) is 2.92. The van der Waals surface area contributed by atoms with E-state index in [1.165, 1.54) is 0 Å². The van der Waals surface area contributed by atoms with Crippen LogP contribution in [0.3, 0.4) is 0 Å². The van der Waals surface area contributed by atoms with Crippen LogP contribution in [0.15, 0.2) is 24.7 Å². The van der Waals surface area contributed by atoms with Gasteiger partial charge in [0, 0.05) is 30.8 Å². The molecule has 0 aliphatic heterocycles. The SMILES string of the molecule is CCn1ncnc1CC(NC)c1cccnc1OC. The Balaban J connectivity index is 2.25. The summed E-state index contributed by atoms with van der Waals surface area (Å²) in [4.78, 5) is 8.54. The molecule has 1 unspecified atom stereocenters. The minimum Gasteiger partial charge on any atom is -0.481 e. The maximum absolute atomic E-state index is 5.31. The molecule has 6 nitrogen and oxygen atoms in total. The van der Waals surface area contributed by atoms with Gasteiger partial charge in [-0.3, -0.25) is 4.68 Å². The van der Waals surface area contributed by atoms with E-state index in [0.717, 1.165) is 24.4 Å². The Morgan fingerprint density at radius 1 is 1.42 bits per heavy atom. The van der Waals surface area contributed by atoms with Gasteiger partial charge in [0.2, 0.25) is 5.88 Å². The molecule has 0 aromatic carbocycles. The third-order valence-corrected chi connectivity index (χ3v) is 3.10. The molecule has 6 heteroatoms. The number of rotatable bonds is 6. The Morgan fingerprint density at radius 3 is 2.95 bits per heavy atom. The van der Waals surface area contributed by atoms with E-state index in [9.17, 15) is 0 Å². The van der Waals surface area contributed by atoms with Gasteiger partial charge in [-0.1, -0.05) is 6.07 Å². The second-order valence-corrected chi connectivity index (χ2v) is 4.14. The molecule has 102 valence electrons. The lowest BCUT2D eigenvalue weighted by molar-refractivity contribution is 0.383. The highest BCUT2D eigenvalue weighted by molar-refractivity contribution is 5.29. The lowest BCUT2D eigenvalue weighted by Crippen LogP contribution is -2.22. The number of nitrogens with one attached hydrogen (secondary N) is 1. The van der Waals surface area contributed by atoms with Crippen molar-refractivity contribution in [3.05, 3.63) is 36.0 Å². The molecule has 0 spiro atoms. The van der Waals surface area contributed by atoms with Crippen molar-refractivity contribution in [3.8, 4) is 5.88 Å². The van der Waals surface area contributed by atoms with Crippen molar-refractivity contribution in [1.82, 2.24) is 25.1 Å². The van der Waals surface area contributed by atoms with Crippen molar-refractivity contribution in [2.24, 2.45) is 0 Å². The number of likely N-dealkylation sites (N-methyl/N-ethyl adjacent to an activating group) is 1. The number of hydrogen-bond donors (Lipinski definition) is 1. The fourth-order valence-corrected chi connectivity index (χ4v) is 2.10. The van der Waals surface area contributed by atoms with Crippen LogP contribution in [0.4, 0.5) is 0 Å². The van der Waals surface area contributed by atoms with Crippen LogP contribution < -0.4 is 10.1 Å². The summed E-state index contributed by atoms with van der Waals surface area (Å²) in [5.41, 5.74) is 1.03. The van der Waals surface area contributed by atoms with E-state index in [0.29, 0.717) is 5.88 Å². The summed E-state index contributed by atoms with van der Waals surface area (Å²) >= 11 is 0. The van der Waals surface area contributed by atoms with Crippen molar-refractivity contribution in [2.45, 2.75) is 25.9 Å². The molecule has 0 aliphatic rings. The van der Waals surface area contributed by atoms with Crippen LogP contribution in [0.1, 0.15) is 24.4 Å². The highest BCUT2D eigenvalue weighted by Gasteiger charge is 2.18. The molecule has 0 fully saturated rings. The first-order valence-electron chi connectivity index (χ1n) is 6.33. The predicted octanol–water partition coefficient (Wildman–Crippen LogP) is 1.20. The fraction of sp³-hybridized carbons (Fsp3) is 0.462. The number of aromatic nitrogens is 4. The zero-order valence-corrected chi connectivity index (χ0v) is 11.5. The van der Waals surface area contributed by atoms with Crippen molar-refractivity contribution in [2.75, 3.05) is 14.2 Å². The Hall–Kier alpha value is -1.95. The number of nitrogens with zero attached hydrogens (tertiary/aromatic N) is 4. The average molecular weight is 261 g/mol. The van der Waals surface area contributed by atoms with Crippen LogP contribution in [0.25, 0.3) is 0 Å². The van der Waals surface area contributed by atoms with Crippen molar-refractivity contribution >= 4 is 0 Å². The molecule has 0 saturated heterocycles. The Morgan fingerprint density at radius 2 is 2.26 bits per heavy atom. The molecule has 2 rings (SSSR count). The third-order valence-electron chi connectivity index (χ3n) is 3.10. The first kappa shape index (κ1) is 13.5. The fourth-order valence-electron chi connectivity index (χ4n) is 2.10. The number of methoxy groups -OCH3 is 1. The largest absolute Gasteiger partial charge is 0.481 e. The highest BCUT2D eigenvalue weighted by Crippen LogP contribution is 2.24. The van der Waals surface area contributed by atoms with Crippen LogP contribution in [-0.2, 0) is 13.0 Å². The zero-order valence-electron chi connectivity index (χ0n) is 11.5. The maximum Gasteiger partial charge on any atom is 0.217 e. The third kappa shape index (κ3) is 2.90. The van der Waals surface area contributed by atoms with Gasteiger partial charge in [-0.05, 0) is 20.0 Å². The summed E-state index contributed by atoms with van der Waals surface area (Å²) in [7, 11) is 3.55. The van der Waals surface area contributed by atoms with Crippen molar-refractivity contribution in [3.63, 3.8) is 0 Å².